The molecule has 0 amide bonds. The molecule has 0 aliphatic heterocycles. The Morgan fingerprint density at radius 1 is 1.45 bits per heavy atom. The minimum Gasteiger partial charge on any atom is -0.493 e. The van der Waals surface area contributed by atoms with Gasteiger partial charge >= 0.3 is 0 Å². The summed E-state index contributed by atoms with van der Waals surface area (Å²) in [6.07, 6.45) is 4.40. The second kappa shape index (κ2) is 8.04. The van der Waals surface area contributed by atoms with E-state index in [1.54, 1.807) is 18.3 Å². The van der Waals surface area contributed by atoms with E-state index >= 15 is 0 Å². The van der Waals surface area contributed by atoms with Gasteiger partial charge in [0.2, 0.25) is 0 Å². The number of nitrogens with one attached hydrogen (secondary N) is 2. The molecule has 0 spiro atoms. The number of hydrogen-bond acceptors (Lipinski definition) is 4. The molecule has 0 bridgehead atoms. The number of anilines is 1. The molecule has 0 radical (unpaired) electrons. The summed E-state index contributed by atoms with van der Waals surface area (Å²) in [6, 6.07) is 5.49. The lowest BCUT2D eigenvalue weighted by molar-refractivity contribution is 0.101. The Balaban J connectivity index is 3.00. The zero-order valence-corrected chi connectivity index (χ0v) is 12.3. The van der Waals surface area contributed by atoms with Gasteiger partial charge in [-0.05, 0) is 37.6 Å². The summed E-state index contributed by atoms with van der Waals surface area (Å²) in [6.45, 7) is 7.90. The van der Waals surface area contributed by atoms with Gasteiger partial charge in [0.25, 0.3) is 0 Å². The zero-order chi connectivity index (χ0) is 15.0. The van der Waals surface area contributed by atoms with E-state index in [0.29, 0.717) is 17.9 Å². The molecule has 0 saturated carbocycles. The lowest BCUT2D eigenvalue weighted by Gasteiger charge is -2.12. The minimum atomic E-state index is -0.0162. The lowest BCUT2D eigenvalue weighted by atomic mass is 10.1. The molecule has 4 nitrogen and oxygen atoms in total. The Morgan fingerprint density at radius 3 is 2.75 bits per heavy atom. The number of allylic oxidation sites excluding steroid dienone is 1. The first-order chi connectivity index (χ1) is 9.62. The van der Waals surface area contributed by atoms with Crippen LogP contribution >= 0.6 is 0 Å². The van der Waals surface area contributed by atoms with Crippen molar-refractivity contribution in [1.82, 2.24) is 5.32 Å². The highest BCUT2D eigenvalue weighted by Crippen LogP contribution is 2.24. The summed E-state index contributed by atoms with van der Waals surface area (Å²) in [4.78, 5) is 11.7. The van der Waals surface area contributed by atoms with Crippen LogP contribution in [0.5, 0.6) is 5.75 Å². The predicted molar refractivity (Wildman–Crippen MR) is 83.2 cm³/mol. The number of ketones is 1. The molecule has 4 heteroatoms. The molecule has 0 unspecified atom stereocenters. The van der Waals surface area contributed by atoms with Gasteiger partial charge < -0.3 is 15.4 Å². The number of carbonyl (C=O) groups excluding carboxylic acids is 1. The third-order valence-corrected chi connectivity index (χ3v) is 2.63. The van der Waals surface area contributed by atoms with Gasteiger partial charge in [-0.25, -0.2) is 0 Å². The van der Waals surface area contributed by atoms with Crippen LogP contribution in [0.3, 0.4) is 0 Å². The van der Waals surface area contributed by atoms with Gasteiger partial charge in [0.05, 0.1) is 17.9 Å². The monoisotopic (exact) mass is 274 g/mol. The molecule has 20 heavy (non-hydrogen) atoms. The van der Waals surface area contributed by atoms with Crippen LogP contribution in [0.15, 0.2) is 42.8 Å². The molecule has 0 aromatic heterocycles. The van der Waals surface area contributed by atoms with Crippen molar-refractivity contribution in [1.29, 1.82) is 0 Å². The van der Waals surface area contributed by atoms with Crippen molar-refractivity contribution in [3.8, 4) is 5.75 Å². The van der Waals surface area contributed by atoms with E-state index in [2.05, 4.69) is 17.2 Å². The summed E-state index contributed by atoms with van der Waals surface area (Å²) >= 11 is 0. The minimum absolute atomic E-state index is 0.0162. The van der Waals surface area contributed by atoms with Gasteiger partial charge in [0.1, 0.15) is 5.75 Å². The quantitative estimate of drug-likeness (QED) is 0.564. The zero-order valence-electron chi connectivity index (χ0n) is 12.3. The van der Waals surface area contributed by atoms with Crippen molar-refractivity contribution in [3.63, 3.8) is 0 Å². The van der Waals surface area contributed by atoms with Crippen LogP contribution in [-0.4, -0.2) is 19.4 Å². The molecule has 0 aliphatic carbocycles. The first kappa shape index (κ1) is 15.8. The van der Waals surface area contributed by atoms with Crippen LogP contribution in [0.25, 0.3) is 0 Å². The molecular weight excluding hydrogens is 252 g/mol. The smallest absolute Gasteiger partial charge is 0.163 e. The largest absolute Gasteiger partial charge is 0.493 e. The molecule has 1 rings (SSSR count). The van der Waals surface area contributed by atoms with E-state index in [0.717, 1.165) is 17.8 Å². The maximum Gasteiger partial charge on any atom is 0.163 e. The van der Waals surface area contributed by atoms with Crippen LogP contribution < -0.4 is 15.4 Å². The highest BCUT2D eigenvalue weighted by atomic mass is 16.5. The second-order valence-corrected chi connectivity index (χ2v) is 4.33. The lowest BCUT2D eigenvalue weighted by Crippen LogP contribution is -2.06. The van der Waals surface area contributed by atoms with Crippen LogP contribution in [0.1, 0.15) is 30.6 Å². The molecule has 0 atom stereocenters. The first-order valence-corrected chi connectivity index (χ1v) is 6.67. The Morgan fingerprint density at radius 2 is 2.20 bits per heavy atom. The van der Waals surface area contributed by atoms with Crippen molar-refractivity contribution >= 4 is 11.5 Å². The fraction of sp³-hybridized carbons (Fsp3) is 0.312. The molecule has 1 aromatic rings. The normalized spacial score (nSPS) is 10.8. The van der Waals surface area contributed by atoms with E-state index in [1.807, 2.05) is 26.1 Å². The summed E-state index contributed by atoms with van der Waals surface area (Å²) in [5.41, 5.74) is 2.22. The SMILES string of the molecule is C=C/C(=C\NC)Nc1ccc(OCCC)c(C(C)=O)c1. The fourth-order valence-corrected chi connectivity index (χ4v) is 1.69. The van der Waals surface area contributed by atoms with Crippen molar-refractivity contribution in [2.45, 2.75) is 20.3 Å². The average molecular weight is 274 g/mol. The molecule has 0 saturated heterocycles. The van der Waals surface area contributed by atoms with Gasteiger partial charge in [-0.1, -0.05) is 13.5 Å². The maximum absolute atomic E-state index is 11.7. The predicted octanol–water partition coefficient (Wildman–Crippen LogP) is 3.34. The number of Topliss-reactive ketones (excluding diaryl/α,β-unsaturated/α-hetero) is 1. The highest BCUT2D eigenvalue weighted by Gasteiger charge is 2.10. The second-order valence-electron chi connectivity index (χ2n) is 4.33. The number of carbonyl (C=O) groups is 1. The van der Waals surface area contributed by atoms with E-state index < -0.39 is 0 Å². The third-order valence-electron chi connectivity index (χ3n) is 2.63. The molecular formula is C16H22N2O2. The number of hydrogen-bond donors (Lipinski definition) is 2. The Bertz CT molecular complexity index is 507. The molecule has 0 aliphatic rings. The molecule has 2 N–H and O–H groups in total. The van der Waals surface area contributed by atoms with Crippen LogP contribution in [0, 0.1) is 0 Å². The van der Waals surface area contributed by atoms with Gasteiger partial charge in [0, 0.05) is 18.9 Å². The van der Waals surface area contributed by atoms with E-state index in [4.69, 9.17) is 4.74 Å². The number of ether oxygens (including phenoxy) is 1. The topological polar surface area (TPSA) is 50.4 Å². The molecule has 1 aromatic carbocycles. The summed E-state index contributed by atoms with van der Waals surface area (Å²) in [5, 5.41) is 6.11. The fourth-order valence-electron chi connectivity index (χ4n) is 1.69. The Hall–Kier alpha value is -2.23. The van der Waals surface area contributed by atoms with Crippen molar-refractivity contribution in [2.75, 3.05) is 19.0 Å². The average Bonchev–Trinajstić information content (AvgIpc) is 2.45. The van der Waals surface area contributed by atoms with Gasteiger partial charge in [-0.15, -0.1) is 0 Å². The van der Waals surface area contributed by atoms with Gasteiger partial charge in [-0.2, -0.15) is 0 Å². The van der Waals surface area contributed by atoms with Crippen molar-refractivity contribution in [3.05, 3.63) is 48.3 Å². The maximum atomic E-state index is 11.7. The van der Waals surface area contributed by atoms with E-state index in [1.165, 1.54) is 6.92 Å². The van der Waals surface area contributed by atoms with E-state index in [-0.39, 0.29) is 5.78 Å². The van der Waals surface area contributed by atoms with Crippen LogP contribution in [0.4, 0.5) is 5.69 Å². The number of rotatable bonds is 8. The standard InChI is InChI=1S/C16H22N2O2/c1-5-9-20-16-8-7-14(10-15(16)12(3)19)18-13(6-2)11-17-4/h6-8,10-11,17-18H,2,5,9H2,1,3-4H3/b13-11+. The van der Waals surface area contributed by atoms with Crippen LogP contribution in [-0.2, 0) is 0 Å². The molecule has 108 valence electrons. The van der Waals surface area contributed by atoms with Crippen molar-refractivity contribution < 1.29 is 9.53 Å². The summed E-state index contributed by atoms with van der Waals surface area (Å²) < 4.78 is 5.59. The van der Waals surface area contributed by atoms with E-state index in [9.17, 15) is 4.79 Å². The summed E-state index contributed by atoms with van der Waals surface area (Å²) in [7, 11) is 1.81. The first-order valence-electron chi connectivity index (χ1n) is 6.67. The van der Waals surface area contributed by atoms with Gasteiger partial charge in [0.15, 0.2) is 5.78 Å². The van der Waals surface area contributed by atoms with Gasteiger partial charge in [-0.3, -0.25) is 4.79 Å². The summed E-state index contributed by atoms with van der Waals surface area (Å²) in [5.74, 6) is 0.611. The molecule has 0 fully saturated rings. The third kappa shape index (κ3) is 4.46. The van der Waals surface area contributed by atoms with Crippen molar-refractivity contribution in [2.24, 2.45) is 0 Å². The van der Waals surface area contributed by atoms with Crippen LogP contribution in [0.2, 0.25) is 0 Å². The highest BCUT2D eigenvalue weighted by molar-refractivity contribution is 5.97. The number of benzene rings is 1. The Kier molecular flexibility index (Phi) is 6.37. The Labute approximate surface area is 120 Å². The molecule has 0 heterocycles.